The van der Waals surface area contributed by atoms with Gasteiger partial charge in [0.1, 0.15) is 11.6 Å². The van der Waals surface area contributed by atoms with E-state index in [-0.39, 0.29) is 41.8 Å². The molecule has 0 aliphatic rings. The van der Waals surface area contributed by atoms with E-state index in [0.29, 0.717) is 5.96 Å². The monoisotopic (exact) mass is 499 g/mol. The van der Waals surface area contributed by atoms with Crippen LogP contribution in [-0.2, 0) is 13.0 Å². The van der Waals surface area contributed by atoms with E-state index in [2.05, 4.69) is 21.1 Å². The minimum atomic E-state index is -3.01. The predicted molar refractivity (Wildman–Crippen MR) is 109 cm³/mol. The zero-order valence-corrected chi connectivity index (χ0v) is 17.6. The Morgan fingerprint density at radius 1 is 1.31 bits per heavy atom. The van der Waals surface area contributed by atoms with Gasteiger partial charge in [-0.05, 0) is 30.0 Å². The summed E-state index contributed by atoms with van der Waals surface area (Å²) >= 11 is 1.68. The van der Waals surface area contributed by atoms with Gasteiger partial charge in [-0.3, -0.25) is 4.99 Å². The second kappa shape index (κ2) is 11.3. The molecule has 0 amide bonds. The van der Waals surface area contributed by atoms with Crippen molar-refractivity contribution in [2.75, 3.05) is 20.6 Å². The normalized spacial score (nSPS) is 11.2. The fourth-order valence-corrected chi connectivity index (χ4v) is 3.01. The highest BCUT2D eigenvalue weighted by atomic mass is 127. The topological polar surface area (TPSA) is 36.9 Å². The number of alkyl halides is 2. The van der Waals surface area contributed by atoms with Crippen LogP contribution in [0, 0.1) is 5.82 Å². The molecule has 0 atom stereocenters. The van der Waals surface area contributed by atoms with Crippen molar-refractivity contribution in [1.29, 1.82) is 0 Å². The van der Waals surface area contributed by atoms with Gasteiger partial charge in [0.25, 0.3) is 0 Å². The van der Waals surface area contributed by atoms with Gasteiger partial charge in [-0.15, -0.1) is 35.3 Å². The lowest BCUT2D eigenvalue weighted by atomic mass is 10.2. The molecule has 9 heteroatoms. The maximum atomic E-state index is 14.0. The van der Waals surface area contributed by atoms with Crippen molar-refractivity contribution in [1.82, 2.24) is 10.2 Å². The number of ether oxygens (including phenoxy) is 1. The molecule has 0 bridgehead atoms. The van der Waals surface area contributed by atoms with Crippen LogP contribution in [0.5, 0.6) is 5.75 Å². The largest absolute Gasteiger partial charge is 0.434 e. The molecule has 0 unspecified atom stereocenters. The summed E-state index contributed by atoms with van der Waals surface area (Å²) in [6.07, 6.45) is 0.855. The number of guanidine groups is 1. The second-order valence-corrected chi connectivity index (χ2v) is 6.28. The third-order valence-corrected chi connectivity index (χ3v) is 4.50. The molecule has 1 N–H and O–H groups in total. The molecular weight excluding hydrogens is 478 g/mol. The van der Waals surface area contributed by atoms with Crippen LogP contribution in [-0.4, -0.2) is 38.1 Å². The Hall–Kier alpha value is -1.49. The maximum Gasteiger partial charge on any atom is 0.387 e. The molecule has 1 aromatic heterocycles. The highest BCUT2D eigenvalue weighted by molar-refractivity contribution is 14.0. The zero-order chi connectivity index (χ0) is 18.2. The molecule has 1 heterocycles. The van der Waals surface area contributed by atoms with Crippen LogP contribution >= 0.6 is 35.3 Å². The van der Waals surface area contributed by atoms with Crippen LogP contribution < -0.4 is 10.1 Å². The van der Waals surface area contributed by atoms with E-state index in [1.165, 1.54) is 23.1 Å². The molecule has 0 radical (unpaired) electrons. The first-order chi connectivity index (χ1) is 12.0. The lowest BCUT2D eigenvalue weighted by Gasteiger charge is -2.22. The first-order valence-corrected chi connectivity index (χ1v) is 8.55. The molecule has 0 saturated carbocycles. The van der Waals surface area contributed by atoms with Crippen LogP contribution in [0.15, 0.2) is 40.7 Å². The van der Waals surface area contributed by atoms with Gasteiger partial charge < -0.3 is 15.0 Å². The van der Waals surface area contributed by atoms with Crippen LogP contribution in [0.3, 0.4) is 0 Å². The van der Waals surface area contributed by atoms with Crippen LogP contribution in [0.4, 0.5) is 13.2 Å². The van der Waals surface area contributed by atoms with Crippen LogP contribution in [0.2, 0.25) is 0 Å². The molecular formula is C17H21F3IN3OS. The molecule has 0 spiro atoms. The van der Waals surface area contributed by atoms with Gasteiger partial charge in [-0.25, -0.2) is 4.39 Å². The minimum Gasteiger partial charge on any atom is -0.434 e. The molecule has 1 aromatic carbocycles. The molecule has 2 rings (SSSR count). The Balaban J connectivity index is 0.00000338. The summed E-state index contributed by atoms with van der Waals surface area (Å²) in [7, 11) is 3.47. The predicted octanol–water partition coefficient (Wildman–Crippen LogP) is 4.36. The molecule has 2 aromatic rings. The quantitative estimate of drug-likeness (QED) is 0.350. The molecule has 4 nitrogen and oxygen atoms in total. The first kappa shape index (κ1) is 22.6. The van der Waals surface area contributed by atoms with Crippen molar-refractivity contribution in [3.63, 3.8) is 0 Å². The zero-order valence-electron chi connectivity index (χ0n) is 14.4. The second-order valence-electron chi connectivity index (χ2n) is 5.25. The Morgan fingerprint density at radius 2 is 2.08 bits per heavy atom. The lowest BCUT2D eigenvalue weighted by Crippen LogP contribution is -2.39. The number of hydrogen-bond donors (Lipinski definition) is 1. The van der Waals surface area contributed by atoms with E-state index in [9.17, 15) is 13.2 Å². The smallest absolute Gasteiger partial charge is 0.387 e. The van der Waals surface area contributed by atoms with Gasteiger partial charge in [0.05, 0.1) is 0 Å². The first-order valence-electron chi connectivity index (χ1n) is 7.67. The third kappa shape index (κ3) is 6.67. The average molecular weight is 499 g/mol. The number of hydrogen-bond acceptors (Lipinski definition) is 3. The van der Waals surface area contributed by atoms with E-state index in [4.69, 9.17) is 0 Å². The number of benzene rings is 1. The van der Waals surface area contributed by atoms with Gasteiger partial charge in [0.15, 0.2) is 5.96 Å². The summed E-state index contributed by atoms with van der Waals surface area (Å²) in [6.45, 7) is -2.30. The minimum absolute atomic E-state index is 0. The number of nitrogens with zero attached hydrogens (tertiary/aromatic N) is 2. The summed E-state index contributed by atoms with van der Waals surface area (Å²) in [5.41, 5.74) is 0.0376. The fraction of sp³-hybridized carbons (Fsp3) is 0.353. The summed E-state index contributed by atoms with van der Waals surface area (Å²) in [5.74, 6) is -0.246. The Labute approximate surface area is 172 Å². The highest BCUT2D eigenvalue weighted by Gasteiger charge is 2.15. The van der Waals surface area contributed by atoms with Crippen molar-refractivity contribution >= 4 is 41.3 Å². The Morgan fingerprint density at radius 3 is 2.69 bits per heavy atom. The van der Waals surface area contributed by atoms with E-state index in [0.717, 1.165) is 13.0 Å². The number of rotatable bonds is 7. The fourth-order valence-electron chi connectivity index (χ4n) is 2.31. The van der Waals surface area contributed by atoms with Crippen molar-refractivity contribution < 1.29 is 17.9 Å². The molecule has 0 aliphatic heterocycles. The molecule has 26 heavy (non-hydrogen) atoms. The van der Waals surface area contributed by atoms with Crippen LogP contribution in [0.1, 0.15) is 10.4 Å². The molecule has 0 fully saturated rings. The van der Waals surface area contributed by atoms with E-state index >= 15 is 0 Å². The number of halogens is 4. The van der Waals surface area contributed by atoms with Gasteiger partial charge in [-0.2, -0.15) is 8.78 Å². The number of nitrogens with one attached hydrogen (secondary N) is 1. The molecule has 0 aliphatic carbocycles. The summed E-state index contributed by atoms with van der Waals surface area (Å²) in [6, 6.07) is 7.91. The summed E-state index contributed by atoms with van der Waals surface area (Å²) in [4.78, 5) is 7.30. The Bertz CT molecular complexity index is 699. The number of thiophene rings is 1. The van der Waals surface area contributed by atoms with E-state index in [1.54, 1.807) is 18.4 Å². The van der Waals surface area contributed by atoms with Crippen molar-refractivity contribution in [3.8, 4) is 5.75 Å². The summed E-state index contributed by atoms with van der Waals surface area (Å²) in [5, 5.41) is 5.00. The van der Waals surface area contributed by atoms with Gasteiger partial charge in [-0.1, -0.05) is 12.1 Å². The number of likely N-dealkylation sites (N-methyl/N-ethyl adjacent to an activating group) is 1. The third-order valence-electron chi connectivity index (χ3n) is 3.56. The summed E-state index contributed by atoms with van der Waals surface area (Å²) < 4.78 is 43.3. The standard InChI is InChI=1S/C17H20F3N3OS.HI/c1-21-17(23(2)9-8-12-5-4-10-25-12)22-11-13-14(18)6-3-7-15(13)24-16(19)20;/h3-7,10,16H,8-9,11H2,1-2H3,(H,21,22);1H. The molecule has 144 valence electrons. The van der Waals surface area contributed by atoms with E-state index < -0.39 is 12.4 Å². The lowest BCUT2D eigenvalue weighted by molar-refractivity contribution is -0.0506. The van der Waals surface area contributed by atoms with Gasteiger partial charge in [0.2, 0.25) is 0 Å². The highest BCUT2D eigenvalue weighted by Crippen LogP contribution is 2.23. The van der Waals surface area contributed by atoms with Crippen molar-refractivity contribution in [3.05, 3.63) is 52.0 Å². The van der Waals surface area contributed by atoms with E-state index in [1.807, 2.05) is 23.4 Å². The van der Waals surface area contributed by atoms with Gasteiger partial charge in [0, 0.05) is 37.6 Å². The Kier molecular flexibility index (Phi) is 9.78. The van der Waals surface area contributed by atoms with Crippen LogP contribution in [0.25, 0.3) is 0 Å². The average Bonchev–Trinajstić information content (AvgIpc) is 3.08. The maximum absolute atomic E-state index is 14.0. The van der Waals surface area contributed by atoms with Gasteiger partial charge >= 0.3 is 6.61 Å². The molecule has 0 saturated heterocycles. The van der Waals surface area contributed by atoms with Crippen molar-refractivity contribution in [2.45, 2.75) is 19.6 Å². The number of aliphatic imine (C=N–C) groups is 1. The SMILES string of the molecule is CN=C(NCc1c(F)cccc1OC(F)F)N(C)CCc1cccs1.I. The van der Waals surface area contributed by atoms with Crippen molar-refractivity contribution in [2.24, 2.45) is 4.99 Å².